The highest BCUT2D eigenvalue weighted by Gasteiger charge is 2.38. The van der Waals surface area contributed by atoms with Gasteiger partial charge in [-0.2, -0.15) is 0 Å². The van der Waals surface area contributed by atoms with E-state index in [1.165, 1.54) is 24.3 Å². The van der Waals surface area contributed by atoms with Gasteiger partial charge < -0.3 is 24.0 Å². The molecule has 1 saturated heterocycles. The lowest BCUT2D eigenvalue weighted by molar-refractivity contribution is -0.150. The molecule has 0 aliphatic carbocycles. The Bertz CT molecular complexity index is 959. The van der Waals surface area contributed by atoms with Gasteiger partial charge in [-0.05, 0) is 5.56 Å². The number of aryl methyl sites for hydroxylation is 1. The summed E-state index contributed by atoms with van der Waals surface area (Å²) in [5, 5.41) is 7.42. The maximum atomic E-state index is 12.8. The van der Waals surface area contributed by atoms with E-state index in [4.69, 9.17) is 14.6 Å². The summed E-state index contributed by atoms with van der Waals surface area (Å²) >= 11 is 0. The van der Waals surface area contributed by atoms with Gasteiger partial charge in [0.05, 0.1) is 13.0 Å². The molecule has 1 aromatic heterocycles. The Kier molecular flexibility index (Phi) is 7.74. The highest BCUT2D eigenvalue weighted by molar-refractivity contribution is 5.96. The summed E-state index contributed by atoms with van der Waals surface area (Å²) in [5.74, 6) is -1.81. The smallest absolute Gasteiger partial charge is 0.312 e. The van der Waals surface area contributed by atoms with Crippen LogP contribution in [0.25, 0.3) is 0 Å². The number of carboxylic acids is 1. The van der Waals surface area contributed by atoms with Gasteiger partial charge in [0.2, 0.25) is 5.43 Å². The Balaban J connectivity index is 0.000000735. The summed E-state index contributed by atoms with van der Waals surface area (Å²) in [7, 11) is 3.00. The van der Waals surface area contributed by atoms with Gasteiger partial charge in [0.25, 0.3) is 11.9 Å². The molecule has 0 spiro atoms. The summed E-state index contributed by atoms with van der Waals surface area (Å²) < 4.78 is 11.9. The predicted octanol–water partition coefficient (Wildman–Crippen LogP) is 1.30. The third kappa shape index (κ3) is 5.69. The zero-order valence-electron chi connectivity index (χ0n) is 17.0. The van der Waals surface area contributed by atoms with Crippen molar-refractivity contribution in [3.63, 3.8) is 0 Å². The molecular weight excluding hydrogens is 392 g/mol. The van der Waals surface area contributed by atoms with Crippen LogP contribution >= 0.6 is 0 Å². The number of methoxy groups -OCH3 is 1. The minimum atomic E-state index is -0.833. The highest BCUT2D eigenvalue weighted by atomic mass is 16.5. The molecule has 9 heteroatoms. The number of carboxylic acid groups (broad SMARTS) is 1. The van der Waals surface area contributed by atoms with Gasteiger partial charge in [-0.1, -0.05) is 30.3 Å². The lowest BCUT2D eigenvalue weighted by Crippen LogP contribution is -2.54. The molecule has 0 bridgehead atoms. The van der Waals surface area contributed by atoms with Crippen LogP contribution in [0.2, 0.25) is 0 Å². The average molecular weight is 416 g/mol. The van der Waals surface area contributed by atoms with E-state index in [1.54, 1.807) is 11.6 Å². The summed E-state index contributed by atoms with van der Waals surface area (Å²) in [6.07, 6.45) is 1.53. The number of likely N-dealkylation sites (tertiary alicyclic amines) is 1. The first-order chi connectivity index (χ1) is 14.2. The third-order valence-corrected chi connectivity index (χ3v) is 4.37. The lowest BCUT2D eigenvalue weighted by atomic mass is 10.00. The Morgan fingerprint density at radius 1 is 1.13 bits per heavy atom. The highest BCUT2D eigenvalue weighted by Crippen LogP contribution is 2.23. The number of pyridine rings is 1. The van der Waals surface area contributed by atoms with Gasteiger partial charge in [0.15, 0.2) is 11.4 Å². The SMILES string of the molecule is CC(=O)O.COC(=O)C1CN(C(=O)c2c(OCc3ccccc3)c(=O)ccn2C)C1. The third-order valence-electron chi connectivity index (χ3n) is 4.37. The summed E-state index contributed by atoms with van der Waals surface area (Å²) in [6.45, 7) is 1.81. The molecule has 1 aliphatic heterocycles. The number of aromatic nitrogens is 1. The van der Waals surface area contributed by atoms with Gasteiger partial charge in [-0.15, -0.1) is 0 Å². The Hall–Kier alpha value is -3.62. The molecule has 1 aromatic carbocycles. The van der Waals surface area contributed by atoms with Crippen LogP contribution in [-0.2, 0) is 28.0 Å². The van der Waals surface area contributed by atoms with Crippen LogP contribution in [0.3, 0.4) is 0 Å². The number of esters is 1. The van der Waals surface area contributed by atoms with Crippen LogP contribution in [0.15, 0.2) is 47.4 Å². The van der Waals surface area contributed by atoms with Gasteiger partial charge >= 0.3 is 5.97 Å². The van der Waals surface area contributed by atoms with E-state index in [-0.39, 0.29) is 54.4 Å². The van der Waals surface area contributed by atoms with Crippen LogP contribution in [-0.4, -0.2) is 52.6 Å². The quantitative estimate of drug-likeness (QED) is 0.731. The Labute approximate surface area is 173 Å². The maximum Gasteiger partial charge on any atom is 0.312 e. The van der Waals surface area contributed by atoms with Crippen molar-refractivity contribution in [2.24, 2.45) is 13.0 Å². The largest absolute Gasteiger partial charge is 0.483 e. The number of carbonyl (C=O) groups is 3. The fraction of sp³-hybridized carbons (Fsp3) is 0.333. The van der Waals surface area contributed by atoms with Crippen molar-refractivity contribution < 1.29 is 29.0 Å². The second-order valence-corrected chi connectivity index (χ2v) is 6.69. The first kappa shape index (κ1) is 22.7. The van der Waals surface area contributed by atoms with Crippen molar-refractivity contribution >= 4 is 17.8 Å². The summed E-state index contributed by atoms with van der Waals surface area (Å²) in [5.41, 5.74) is 0.718. The maximum absolute atomic E-state index is 12.8. The van der Waals surface area contributed by atoms with Crippen molar-refractivity contribution in [3.05, 3.63) is 64.1 Å². The van der Waals surface area contributed by atoms with Gasteiger partial charge in [-0.3, -0.25) is 19.2 Å². The standard InChI is InChI=1S/C19H20N2O5.C2H4O2/c1-20-9-8-15(22)17(26-12-13-6-4-3-5-7-13)16(20)18(23)21-10-14(11-21)19(24)25-2;1-2(3)4/h3-9,14H,10-12H2,1-2H3;1H3,(H,3,4). The van der Waals surface area contributed by atoms with Crippen molar-refractivity contribution in [1.82, 2.24) is 9.47 Å². The van der Waals surface area contributed by atoms with Crippen LogP contribution in [0.1, 0.15) is 23.0 Å². The number of carbonyl (C=O) groups excluding carboxylic acids is 2. The molecule has 0 saturated carbocycles. The molecule has 0 radical (unpaired) electrons. The zero-order valence-corrected chi connectivity index (χ0v) is 17.0. The number of hydrogen-bond donors (Lipinski definition) is 1. The monoisotopic (exact) mass is 416 g/mol. The van der Waals surface area contributed by atoms with E-state index in [0.29, 0.717) is 0 Å². The molecule has 9 nitrogen and oxygen atoms in total. The van der Waals surface area contributed by atoms with E-state index in [0.717, 1.165) is 12.5 Å². The number of rotatable bonds is 5. The molecule has 1 fully saturated rings. The second-order valence-electron chi connectivity index (χ2n) is 6.69. The van der Waals surface area contributed by atoms with Crippen molar-refractivity contribution in [2.45, 2.75) is 13.5 Å². The first-order valence-electron chi connectivity index (χ1n) is 9.17. The topological polar surface area (TPSA) is 115 Å². The van der Waals surface area contributed by atoms with E-state index in [2.05, 4.69) is 4.74 Å². The Morgan fingerprint density at radius 3 is 2.30 bits per heavy atom. The van der Waals surface area contributed by atoms with Crippen LogP contribution in [0.4, 0.5) is 0 Å². The summed E-state index contributed by atoms with van der Waals surface area (Å²) in [6, 6.07) is 10.8. The minimum Gasteiger partial charge on any atom is -0.483 e. The fourth-order valence-corrected chi connectivity index (χ4v) is 2.83. The lowest BCUT2D eigenvalue weighted by Gasteiger charge is -2.37. The molecule has 30 heavy (non-hydrogen) atoms. The van der Waals surface area contributed by atoms with E-state index >= 15 is 0 Å². The fourth-order valence-electron chi connectivity index (χ4n) is 2.83. The molecule has 160 valence electrons. The molecule has 2 aromatic rings. The number of benzene rings is 1. The van der Waals surface area contributed by atoms with Crippen molar-refractivity contribution in [2.75, 3.05) is 20.2 Å². The normalized spacial score (nSPS) is 12.8. The first-order valence-corrected chi connectivity index (χ1v) is 9.17. The molecule has 1 aliphatic rings. The minimum absolute atomic E-state index is 0.0189. The predicted molar refractivity (Wildman–Crippen MR) is 107 cm³/mol. The zero-order chi connectivity index (χ0) is 22.3. The number of hydrogen-bond acceptors (Lipinski definition) is 6. The molecule has 1 N–H and O–H groups in total. The van der Waals surface area contributed by atoms with Crippen molar-refractivity contribution in [1.29, 1.82) is 0 Å². The Morgan fingerprint density at radius 2 is 1.73 bits per heavy atom. The van der Waals surface area contributed by atoms with Gasteiger partial charge in [0.1, 0.15) is 6.61 Å². The van der Waals surface area contributed by atoms with Crippen molar-refractivity contribution in [3.8, 4) is 5.75 Å². The van der Waals surface area contributed by atoms with E-state index in [1.807, 2.05) is 30.3 Å². The van der Waals surface area contributed by atoms with Gasteiger partial charge in [0, 0.05) is 39.3 Å². The van der Waals surface area contributed by atoms with Crippen LogP contribution in [0, 0.1) is 5.92 Å². The van der Waals surface area contributed by atoms with E-state index < -0.39 is 5.97 Å². The number of amides is 1. The molecule has 0 unspecified atom stereocenters. The average Bonchev–Trinajstić information content (AvgIpc) is 2.67. The van der Waals surface area contributed by atoms with E-state index in [9.17, 15) is 14.4 Å². The number of nitrogens with zero attached hydrogens (tertiary/aromatic N) is 2. The summed E-state index contributed by atoms with van der Waals surface area (Å²) in [4.78, 5) is 47.1. The molecule has 0 atom stereocenters. The van der Waals surface area contributed by atoms with Crippen LogP contribution in [0.5, 0.6) is 5.75 Å². The molecule has 2 heterocycles. The molecular formula is C21H24N2O7. The van der Waals surface area contributed by atoms with Crippen LogP contribution < -0.4 is 10.2 Å². The molecule has 1 amide bonds. The number of ether oxygens (including phenoxy) is 2. The second kappa shape index (κ2) is 10.2. The number of aliphatic carboxylic acids is 1. The molecule has 3 rings (SSSR count). The van der Waals surface area contributed by atoms with Gasteiger partial charge in [-0.25, -0.2) is 0 Å².